The minimum atomic E-state index is -0.459. The number of hydrogen-bond acceptors (Lipinski definition) is 4. The van der Waals surface area contributed by atoms with Gasteiger partial charge < -0.3 is 9.47 Å². The molecule has 0 N–H and O–H groups in total. The van der Waals surface area contributed by atoms with Crippen LogP contribution in [0.3, 0.4) is 0 Å². The van der Waals surface area contributed by atoms with Crippen LogP contribution in [0.2, 0.25) is 5.02 Å². The normalized spacial score (nSPS) is 14.8. The van der Waals surface area contributed by atoms with Crippen LogP contribution in [-0.4, -0.2) is 18.5 Å². The maximum atomic E-state index is 12.1. The zero-order valence-electron chi connectivity index (χ0n) is 17.9. The molecular weight excluding hydrogens is 410 g/mol. The number of cyclic esters (lactones) is 1. The molecule has 0 aliphatic carbocycles. The molecule has 0 saturated heterocycles. The minimum absolute atomic E-state index is 0.269. The predicted molar refractivity (Wildman–Crippen MR) is 127 cm³/mol. The van der Waals surface area contributed by atoms with Gasteiger partial charge in [0.1, 0.15) is 5.75 Å². The standard InChI is InChI=1S/C26H28ClNO3/c1-2-3-4-5-6-7-18-30-23-15-10-21(11-16-23)19-24-26(29)31-25(28-24)17-12-20-8-13-22(27)14-9-20/h8-17,19H,2-7,18H2,1H3/b17-12+,24-19+. The average Bonchev–Trinajstić information content (AvgIpc) is 3.13. The van der Waals surface area contributed by atoms with Gasteiger partial charge in [0.15, 0.2) is 5.70 Å². The van der Waals surface area contributed by atoms with E-state index in [1.54, 1.807) is 24.3 Å². The fourth-order valence-electron chi connectivity index (χ4n) is 3.13. The zero-order chi connectivity index (χ0) is 21.9. The molecule has 31 heavy (non-hydrogen) atoms. The molecule has 2 aromatic rings. The van der Waals surface area contributed by atoms with Crippen molar-refractivity contribution in [1.29, 1.82) is 0 Å². The Morgan fingerprint density at radius 1 is 0.903 bits per heavy atom. The number of halogens is 1. The number of unbranched alkanes of at least 4 members (excludes halogenated alkanes) is 5. The van der Waals surface area contributed by atoms with Gasteiger partial charge in [-0.25, -0.2) is 9.79 Å². The lowest BCUT2D eigenvalue weighted by atomic mass is 10.1. The van der Waals surface area contributed by atoms with Crippen molar-refractivity contribution in [3.63, 3.8) is 0 Å². The monoisotopic (exact) mass is 437 g/mol. The number of esters is 1. The minimum Gasteiger partial charge on any atom is -0.494 e. The van der Waals surface area contributed by atoms with Crippen LogP contribution < -0.4 is 4.74 Å². The summed E-state index contributed by atoms with van der Waals surface area (Å²) in [4.78, 5) is 16.4. The van der Waals surface area contributed by atoms with Crippen LogP contribution in [0, 0.1) is 0 Å². The fraction of sp³-hybridized carbons (Fsp3) is 0.308. The Bertz CT molecular complexity index is 944. The summed E-state index contributed by atoms with van der Waals surface area (Å²) in [6.45, 7) is 2.95. The summed E-state index contributed by atoms with van der Waals surface area (Å²) in [5, 5.41) is 0.672. The summed E-state index contributed by atoms with van der Waals surface area (Å²) in [5.41, 5.74) is 2.08. The van der Waals surface area contributed by atoms with Crippen LogP contribution in [0.15, 0.2) is 65.3 Å². The molecule has 1 aliphatic heterocycles. The van der Waals surface area contributed by atoms with Gasteiger partial charge in [-0.1, -0.05) is 74.9 Å². The molecule has 0 atom stereocenters. The molecule has 0 saturated carbocycles. The first-order chi connectivity index (χ1) is 15.1. The molecule has 0 fully saturated rings. The Labute approximate surface area is 189 Å². The van der Waals surface area contributed by atoms with Gasteiger partial charge in [-0.15, -0.1) is 0 Å². The lowest BCUT2D eigenvalue weighted by Crippen LogP contribution is -2.01. The second-order valence-electron chi connectivity index (χ2n) is 7.44. The topological polar surface area (TPSA) is 47.9 Å². The molecule has 5 heteroatoms. The lowest BCUT2D eigenvalue weighted by molar-refractivity contribution is -0.129. The van der Waals surface area contributed by atoms with Crippen molar-refractivity contribution >= 4 is 35.6 Å². The Hall–Kier alpha value is -2.85. The van der Waals surface area contributed by atoms with Gasteiger partial charge in [0.25, 0.3) is 0 Å². The van der Waals surface area contributed by atoms with Crippen molar-refractivity contribution in [2.75, 3.05) is 6.61 Å². The number of rotatable bonds is 11. The maximum Gasteiger partial charge on any atom is 0.363 e. The first-order valence-corrected chi connectivity index (χ1v) is 11.2. The van der Waals surface area contributed by atoms with E-state index in [-0.39, 0.29) is 11.6 Å². The van der Waals surface area contributed by atoms with Crippen LogP contribution in [0.5, 0.6) is 5.75 Å². The molecule has 2 aromatic carbocycles. The van der Waals surface area contributed by atoms with E-state index in [9.17, 15) is 4.79 Å². The molecule has 0 amide bonds. The fourth-order valence-corrected chi connectivity index (χ4v) is 3.25. The van der Waals surface area contributed by atoms with E-state index in [0.29, 0.717) is 5.02 Å². The van der Waals surface area contributed by atoms with Crippen LogP contribution in [-0.2, 0) is 9.53 Å². The van der Waals surface area contributed by atoms with Crippen LogP contribution in [0.1, 0.15) is 56.6 Å². The third-order valence-corrected chi connectivity index (χ3v) is 5.13. The quantitative estimate of drug-likeness (QED) is 0.214. The highest BCUT2D eigenvalue weighted by molar-refractivity contribution is 6.30. The number of ether oxygens (including phenoxy) is 2. The average molecular weight is 438 g/mol. The number of aliphatic imine (C=N–C) groups is 1. The van der Waals surface area contributed by atoms with Crippen molar-refractivity contribution < 1.29 is 14.3 Å². The van der Waals surface area contributed by atoms with Crippen LogP contribution >= 0.6 is 11.6 Å². The number of benzene rings is 2. The van der Waals surface area contributed by atoms with Crippen LogP contribution in [0.4, 0.5) is 0 Å². The van der Waals surface area contributed by atoms with E-state index in [1.165, 1.54) is 32.1 Å². The molecule has 3 rings (SSSR count). The van der Waals surface area contributed by atoms with Gasteiger partial charge in [0.05, 0.1) is 6.61 Å². The van der Waals surface area contributed by atoms with Crippen molar-refractivity contribution in [2.24, 2.45) is 4.99 Å². The van der Waals surface area contributed by atoms with Gasteiger partial charge in [-0.2, -0.15) is 0 Å². The highest BCUT2D eigenvalue weighted by Gasteiger charge is 2.21. The van der Waals surface area contributed by atoms with Crippen molar-refractivity contribution in [3.8, 4) is 5.75 Å². The van der Waals surface area contributed by atoms with E-state index >= 15 is 0 Å². The van der Waals surface area contributed by atoms with Crippen molar-refractivity contribution in [2.45, 2.75) is 45.4 Å². The van der Waals surface area contributed by atoms with Crippen molar-refractivity contribution in [3.05, 3.63) is 76.5 Å². The maximum absolute atomic E-state index is 12.1. The Balaban J connectivity index is 1.51. The molecule has 1 heterocycles. The highest BCUT2D eigenvalue weighted by Crippen LogP contribution is 2.19. The Kier molecular flexibility index (Phi) is 8.92. The first-order valence-electron chi connectivity index (χ1n) is 10.8. The van der Waals surface area contributed by atoms with Crippen molar-refractivity contribution in [1.82, 2.24) is 0 Å². The van der Waals surface area contributed by atoms with E-state index in [4.69, 9.17) is 21.1 Å². The number of nitrogens with zero attached hydrogens (tertiary/aromatic N) is 1. The van der Waals surface area contributed by atoms with E-state index in [2.05, 4.69) is 11.9 Å². The Morgan fingerprint density at radius 2 is 1.58 bits per heavy atom. The number of hydrogen-bond donors (Lipinski definition) is 0. The molecule has 1 aliphatic rings. The third kappa shape index (κ3) is 7.72. The summed E-state index contributed by atoms with van der Waals surface area (Å²) in [7, 11) is 0. The molecular formula is C26H28ClNO3. The van der Waals surface area contributed by atoms with Gasteiger partial charge in [0, 0.05) is 11.1 Å². The van der Waals surface area contributed by atoms with Gasteiger partial charge in [-0.3, -0.25) is 0 Å². The first kappa shape index (κ1) is 22.8. The van der Waals surface area contributed by atoms with Gasteiger partial charge in [-0.05, 0) is 54.0 Å². The second kappa shape index (κ2) is 12.1. The zero-order valence-corrected chi connectivity index (χ0v) is 18.6. The summed E-state index contributed by atoms with van der Waals surface area (Å²) < 4.78 is 11.0. The molecule has 0 bridgehead atoms. The third-order valence-electron chi connectivity index (χ3n) is 4.88. The molecule has 4 nitrogen and oxygen atoms in total. The molecule has 0 unspecified atom stereocenters. The second-order valence-corrected chi connectivity index (χ2v) is 7.88. The van der Waals surface area contributed by atoms with E-state index in [1.807, 2.05) is 42.5 Å². The summed E-state index contributed by atoms with van der Waals surface area (Å²) in [6, 6.07) is 15.0. The summed E-state index contributed by atoms with van der Waals surface area (Å²) in [5.74, 6) is 0.643. The summed E-state index contributed by atoms with van der Waals surface area (Å²) >= 11 is 5.88. The Morgan fingerprint density at radius 3 is 2.32 bits per heavy atom. The number of carbonyl (C=O) groups excluding carboxylic acids is 1. The number of carbonyl (C=O) groups is 1. The molecule has 0 aromatic heterocycles. The SMILES string of the molecule is CCCCCCCCOc1ccc(/C=C2N=C(/C=C/c3ccc(Cl)cc3)OC/2=O)cc1. The summed E-state index contributed by atoms with van der Waals surface area (Å²) in [6.07, 6.45) is 12.6. The molecule has 162 valence electrons. The molecule has 0 spiro atoms. The van der Waals surface area contributed by atoms with Gasteiger partial charge >= 0.3 is 5.97 Å². The van der Waals surface area contributed by atoms with Gasteiger partial charge in [0.2, 0.25) is 5.90 Å². The lowest BCUT2D eigenvalue weighted by Gasteiger charge is -2.06. The van der Waals surface area contributed by atoms with Crippen LogP contribution in [0.25, 0.3) is 12.2 Å². The predicted octanol–water partition coefficient (Wildman–Crippen LogP) is 7.09. The smallest absolute Gasteiger partial charge is 0.363 e. The van der Waals surface area contributed by atoms with E-state index in [0.717, 1.165) is 29.9 Å². The highest BCUT2D eigenvalue weighted by atomic mass is 35.5. The molecule has 0 radical (unpaired) electrons. The largest absolute Gasteiger partial charge is 0.494 e. The van der Waals surface area contributed by atoms with E-state index < -0.39 is 5.97 Å².